The third-order valence-corrected chi connectivity index (χ3v) is 11.7. The van der Waals surface area contributed by atoms with Gasteiger partial charge in [-0.05, 0) is 12.8 Å². The van der Waals surface area contributed by atoms with E-state index in [-0.39, 0.29) is 19.4 Å². The van der Waals surface area contributed by atoms with Gasteiger partial charge in [0, 0.05) is 12.8 Å². The molecule has 0 fully saturated rings. The van der Waals surface area contributed by atoms with Gasteiger partial charge in [-0.15, -0.1) is 0 Å². The second-order valence-corrected chi connectivity index (χ2v) is 18.0. The predicted molar refractivity (Wildman–Crippen MR) is 233 cm³/mol. The van der Waals surface area contributed by atoms with Gasteiger partial charge in [-0.1, -0.05) is 219 Å². The summed E-state index contributed by atoms with van der Waals surface area (Å²) in [6.45, 7) is 2.44. The van der Waals surface area contributed by atoms with Crippen molar-refractivity contribution in [2.24, 2.45) is 0 Å². The van der Waals surface area contributed by atoms with Crippen LogP contribution in [0.4, 0.5) is 0 Å². The summed E-state index contributed by atoms with van der Waals surface area (Å²) in [5, 5.41) is 18.4. The molecule has 0 aromatic heterocycles. The van der Waals surface area contributed by atoms with E-state index in [1.807, 2.05) is 0 Å². The van der Waals surface area contributed by atoms with Crippen molar-refractivity contribution in [1.29, 1.82) is 0 Å². The Hall–Kier alpha value is -1.03. The molecule has 11 heteroatoms. The number of esters is 2. The summed E-state index contributed by atoms with van der Waals surface area (Å²) in [7, 11) is -4.61. The molecule has 57 heavy (non-hydrogen) atoms. The van der Waals surface area contributed by atoms with E-state index in [0.717, 1.165) is 32.1 Å². The number of carbonyl (C=O) groups is 2. The highest BCUT2D eigenvalue weighted by molar-refractivity contribution is 7.47. The minimum atomic E-state index is -4.61. The van der Waals surface area contributed by atoms with E-state index in [4.69, 9.17) is 23.6 Å². The molecule has 0 aliphatic rings. The predicted octanol–water partition coefficient (Wildman–Crippen LogP) is 13.0. The molecule has 0 aliphatic carbocycles. The summed E-state index contributed by atoms with van der Waals surface area (Å²) in [6, 6.07) is 0. The Bertz CT molecular complexity index is 920. The molecule has 0 rings (SSSR count). The van der Waals surface area contributed by atoms with Crippen molar-refractivity contribution < 1.29 is 47.8 Å². The first-order valence-corrected chi connectivity index (χ1v) is 25.5. The fourth-order valence-electron chi connectivity index (χ4n) is 7.05. The highest BCUT2D eigenvalue weighted by Crippen LogP contribution is 2.43. The van der Waals surface area contributed by atoms with Crippen LogP contribution in [0.1, 0.15) is 245 Å². The summed E-state index contributed by atoms with van der Waals surface area (Å²) < 4.78 is 32.8. The second kappa shape index (κ2) is 43.1. The topological polar surface area (TPSA) is 149 Å². The van der Waals surface area contributed by atoms with Crippen LogP contribution in [0, 0.1) is 0 Å². The first-order valence-electron chi connectivity index (χ1n) is 24.0. The van der Waals surface area contributed by atoms with Crippen LogP contribution < -0.4 is 0 Å². The minimum Gasteiger partial charge on any atom is -0.462 e. The molecule has 0 aliphatic heterocycles. The molecule has 1 unspecified atom stereocenters. The van der Waals surface area contributed by atoms with E-state index < -0.39 is 51.8 Å². The molecule has 0 radical (unpaired) electrons. The monoisotopic (exact) mass is 835 g/mol. The van der Waals surface area contributed by atoms with Gasteiger partial charge in [0.1, 0.15) is 12.7 Å². The van der Waals surface area contributed by atoms with Crippen molar-refractivity contribution in [2.75, 3.05) is 26.4 Å². The summed E-state index contributed by atoms with van der Waals surface area (Å²) in [4.78, 5) is 35.1. The number of aliphatic hydroxyl groups is 2. The van der Waals surface area contributed by atoms with E-state index in [1.165, 1.54) is 173 Å². The van der Waals surface area contributed by atoms with Gasteiger partial charge in [0.05, 0.1) is 19.8 Å². The molecule has 340 valence electrons. The van der Waals surface area contributed by atoms with E-state index >= 15 is 0 Å². The number of hydrogen-bond donors (Lipinski definition) is 3. The molecule has 0 bridgehead atoms. The van der Waals surface area contributed by atoms with Crippen molar-refractivity contribution in [2.45, 2.75) is 257 Å². The first-order chi connectivity index (χ1) is 27.7. The number of hydrogen-bond acceptors (Lipinski definition) is 9. The van der Waals surface area contributed by atoms with Crippen LogP contribution in [0.2, 0.25) is 0 Å². The summed E-state index contributed by atoms with van der Waals surface area (Å²) in [5.74, 6) is -0.905. The number of rotatable bonds is 46. The summed E-state index contributed by atoms with van der Waals surface area (Å²) >= 11 is 0. The van der Waals surface area contributed by atoms with Gasteiger partial charge >= 0.3 is 19.8 Å². The van der Waals surface area contributed by atoms with E-state index in [0.29, 0.717) is 12.8 Å². The van der Waals surface area contributed by atoms with E-state index in [9.17, 15) is 24.2 Å². The lowest BCUT2D eigenvalue weighted by atomic mass is 10.0. The van der Waals surface area contributed by atoms with Crippen LogP contribution in [-0.4, -0.2) is 65.7 Å². The van der Waals surface area contributed by atoms with Gasteiger partial charge in [0.15, 0.2) is 6.10 Å². The highest BCUT2D eigenvalue weighted by atomic mass is 31.2. The zero-order valence-corrected chi connectivity index (χ0v) is 38.0. The van der Waals surface area contributed by atoms with Crippen molar-refractivity contribution in [3.63, 3.8) is 0 Å². The molecule has 0 saturated heterocycles. The number of unbranched alkanes of at least 4 members (excludes halogenated alkanes) is 32. The van der Waals surface area contributed by atoms with Crippen LogP contribution in [0.25, 0.3) is 0 Å². The average molecular weight is 835 g/mol. The van der Waals surface area contributed by atoms with Crippen LogP contribution in [0.5, 0.6) is 0 Å². The van der Waals surface area contributed by atoms with Crippen LogP contribution >= 0.6 is 7.82 Å². The van der Waals surface area contributed by atoms with Crippen molar-refractivity contribution in [3.8, 4) is 0 Å². The molecule has 0 aromatic rings. The van der Waals surface area contributed by atoms with E-state index in [1.54, 1.807) is 0 Å². The minimum absolute atomic E-state index is 0.193. The van der Waals surface area contributed by atoms with Crippen molar-refractivity contribution >= 4 is 19.8 Å². The molecule has 0 spiro atoms. The third-order valence-electron chi connectivity index (χ3n) is 10.8. The van der Waals surface area contributed by atoms with Gasteiger partial charge in [-0.3, -0.25) is 18.6 Å². The molecule has 3 N–H and O–H groups in total. The Morgan fingerprint density at radius 1 is 0.456 bits per heavy atom. The standard InChI is InChI=1S/C46H91O10P/c1-3-5-7-9-11-13-15-17-19-21-22-24-26-28-30-32-34-36-38-46(50)56-44(42-55-57(51,52)54-40-43(48)39-47)41-53-45(49)37-35-33-31-29-27-25-23-20-18-16-14-12-10-8-6-4-2/h43-44,47-48H,3-42H2,1-2H3,(H,51,52)/t43-,44+/m0/s1. The van der Waals surface area contributed by atoms with Gasteiger partial charge in [-0.25, -0.2) is 4.57 Å². The molecule has 0 aromatic carbocycles. The average Bonchev–Trinajstić information content (AvgIpc) is 3.20. The Balaban J connectivity index is 4.18. The molecule has 0 heterocycles. The molecular weight excluding hydrogens is 743 g/mol. The number of carbonyl (C=O) groups excluding carboxylic acids is 2. The fourth-order valence-corrected chi connectivity index (χ4v) is 7.84. The second-order valence-electron chi connectivity index (χ2n) is 16.5. The number of ether oxygens (including phenoxy) is 2. The lowest BCUT2D eigenvalue weighted by Crippen LogP contribution is -2.29. The normalized spacial score (nSPS) is 13.7. The molecule has 10 nitrogen and oxygen atoms in total. The summed E-state index contributed by atoms with van der Waals surface area (Å²) in [6.07, 6.45) is 40.6. The Morgan fingerprint density at radius 3 is 1.09 bits per heavy atom. The zero-order valence-electron chi connectivity index (χ0n) is 37.1. The quantitative estimate of drug-likeness (QED) is 0.0307. The molecule has 0 amide bonds. The van der Waals surface area contributed by atoms with Crippen LogP contribution in [0.15, 0.2) is 0 Å². The smallest absolute Gasteiger partial charge is 0.462 e. The van der Waals surface area contributed by atoms with Crippen molar-refractivity contribution in [1.82, 2.24) is 0 Å². The Labute approximate surface area is 350 Å². The number of phosphoric ester groups is 1. The maximum Gasteiger partial charge on any atom is 0.472 e. The van der Waals surface area contributed by atoms with Gasteiger partial charge < -0.3 is 24.6 Å². The largest absolute Gasteiger partial charge is 0.472 e. The maximum atomic E-state index is 12.6. The fraction of sp³-hybridized carbons (Fsp3) is 0.957. The molecular formula is C46H91O10P. The lowest BCUT2D eigenvalue weighted by molar-refractivity contribution is -0.161. The maximum absolute atomic E-state index is 12.6. The zero-order chi connectivity index (χ0) is 41.9. The highest BCUT2D eigenvalue weighted by Gasteiger charge is 2.27. The van der Waals surface area contributed by atoms with E-state index in [2.05, 4.69) is 13.8 Å². The van der Waals surface area contributed by atoms with Gasteiger partial charge in [0.2, 0.25) is 0 Å². The SMILES string of the molecule is CCCCCCCCCCCCCCCCCCCCC(=O)O[C@H](COC(=O)CCCCCCCCCCCCCCCCCC)COP(=O)(O)OC[C@@H](O)CO. The number of aliphatic hydroxyl groups excluding tert-OH is 2. The number of phosphoric acid groups is 1. The Morgan fingerprint density at radius 2 is 0.754 bits per heavy atom. The molecule has 3 atom stereocenters. The molecule has 0 saturated carbocycles. The van der Waals surface area contributed by atoms with Crippen molar-refractivity contribution in [3.05, 3.63) is 0 Å². The van der Waals surface area contributed by atoms with Gasteiger partial charge in [-0.2, -0.15) is 0 Å². The summed E-state index contributed by atoms with van der Waals surface area (Å²) in [5.41, 5.74) is 0. The van der Waals surface area contributed by atoms with Crippen LogP contribution in [-0.2, 0) is 32.7 Å². The third kappa shape index (κ3) is 42.9. The van der Waals surface area contributed by atoms with Gasteiger partial charge in [0.25, 0.3) is 0 Å². The lowest BCUT2D eigenvalue weighted by Gasteiger charge is -2.20. The first kappa shape index (κ1) is 56.0. The van der Waals surface area contributed by atoms with Crippen LogP contribution in [0.3, 0.4) is 0 Å². The Kier molecular flexibility index (Phi) is 42.3.